The molecule has 2 rings (SSSR count). The van der Waals surface area contributed by atoms with Crippen molar-refractivity contribution in [2.24, 2.45) is 0 Å². The minimum Gasteiger partial charge on any atom is -0.349 e. The molecular weight excluding hydrogens is 359 g/mol. The fourth-order valence-electron chi connectivity index (χ4n) is 2.29. The van der Waals surface area contributed by atoms with Crippen LogP contribution in [0.5, 0.6) is 0 Å². The van der Waals surface area contributed by atoms with Crippen molar-refractivity contribution in [2.75, 3.05) is 16.8 Å². The molecule has 0 aliphatic rings. The van der Waals surface area contributed by atoms with Crippen molar-refractivity contribution in [2.45, 2.75) is 13.0 Å². The summed E-state index contributed by atoms with van der Waals surface area (Å²) < 4.78 is 36.9. The molecule has 26 heavy (non-hydrogen) atoms. The molecule has 0 fully saturated rings. The number of carbonyl (C=O) groups excluding carboxylic acids is 2. The van der Waals surface area contributed by atoms with E-state index in [0.29, 0.717) is 0 Å². The van der Waals surface area contributed by atoms with Crippen molar-refractivity contribution in [3.8, 4) is 0 Å². The Hall–Kier alpha value is -2.74. The summed E-state index contributed by atoms with van der Waals surface area (Å²) in [6.07, 6.45) is 0. The first-order chi connectivity index (χ1) is 12.2. The Kier molecular flexibility index (Phi) is 6.46. The van der Waals surface area contributed by atoms with Crippen molar-refractivity contribution >= 4 is 27.3 Å². The number of anilines is 1. The van der Waals surface area contributed by atoms with Crippen LogP contribution in [0.15, 0.2) is 54.6 Å². The number of benzene rings is 2. The highest BCUT2D eigenvalue weighted by atomic mass is 32.2. The lowest BCUT2D eigenvalue weighted by Gasteiger charge is -2.14. The van der Waals surface area contributed by atoms with Crippen molar-refractivity contribution in [3.63, 3.8) is 0 Å². The molecule has 0 saturated carbocycles. The van der Waals surface area contributed by atoms with Gasteiger partial charge in [0, 0.05) is 5.69 Å². The lowest BCUT2D eigenvalue weighted by atomic mass is 10.1. The fraction of sp³-hybridized carbons (Fsp3) is 0.222. The van der Waals surface area contributed by atoms with Crippen LogP contribution >= 0.6 is 0 Å². The van der Waals surface area contributed by atoms with Crippen LogP contribution in [0.2, 0.25) is 0 Å². The van der Waals surface area contributed by atoms with E-state index in [4.69, 9.17) is 0 Å². The standard InChI is InChI=1S/C18H19FN2O4S/c1-13(14-5-3-2-4-6-14)20-17(22)11-26(24,25)12-18(23)21-16-9-7-15(19)8-10-16/h2-10,13H,11-12H2,1H3,(H,20,22)(H,21,23). The lowest BCUT2D eigenvalue weighted by Crippen LogP contribution is -2.35. The molecule has 0 bridgehead atoms. The molecule has 0 saturated heterocycles. The van der Waals surface area contributed by atoms with Gasteiger partial charge in [-0.2, -0.15) is 0 Å². The molecule has 1 atom stereocenters. The number of nitrogens with one attached hydrogen (secondary N) is 2. The van der Waals surface area contributed by atoms with E-state index in [1.807, 2.05) is 30.3 Å². The van der Waals surface area contributed by atoms with Crippen molar-refractivity contribution < 1.29 is 22.4 Å². The summed E-state index contributed by atoms with van der Waals surface area (Å²) in [7, 11) is -3.93. The Morgan fingerprint density at radius 1 is 0.962 bits per heavy atom. The summed E-state index contributed by atoms with van der Waals surface area (Å²) in [6, 6.07) is 13.6. The Balaban J connectivity index is 1.87. The molecular formula is C18H19FN2O4S. The van der Waals surface area contributed by atoms with Gasteiger partial charge in [0.15, 0.2) is 9.84 Å². The van der Waals surface area contributed by atoms with Gasteiger partial charge >= 0.3 is 0 Å². The Morgan fingerprint density at radius 3 is 2.15 bits per heavy atom. The molecule has 8 heteroatoms. The van der Waals surface area contributed by atoms with Gasteiger partial charge < -0.3 is 10.6 Å². The minimum atomic E-state index is -3.93. The largest absolute Gasteiger partial charge is 0.349 e. The Morgan fingerprint density at radius 2 is 1.54 bits per heavy atom. The molecule has 0 spiro atoms. The first-order valence-electron chi connectivity index (χ1n) is 7.85. The van der Waals surface area contributed by atoms with E-state index in [2.05, 4.69) is 10.6 Å². The number of amides is 2. The number of rotatable bonds is 7. The van der Waals surface area contributed by atoms with E-state index < -0.39 is 39.0 Å². The molecule has 0 radical (unpaired) electrons. The number of carbonyl (C=O) groups is 2. The maximum absolute atomic E-state index is 12.8. The molecule has 138 valence electrons. The quantitative estimate of drug-likeness (QED) is 0.771. The van der Waals surface area contributed by atoms with Gasteiger partial charge in [-0.05, 0) is 36.8 Å². The summed E-state index contributed by atoms with van der Waals surface area (Å²) in [5.41, 5.74) is 1.11. The lowest BCUT2D eigenvalue weighted by molar-refractivity contribution is -0.119. The smallest absolute Gasteiger partial charge is 0.239 e. The van der Waals surface area contributed by atoms with Gasteiger partial charge in [0.1, 0.15) is 17.3 Å². The molecule has 0 aliphatic heterocycles. The van der Waals surface area contributed by atoms with Crippen LogP contribution < -0.4 is 10.6 Å². The third kappa shape index (κ3) is 6.29. The average Bonchev–Trinajstić information content (AvgIpc) is 2.56. The fourth-order valence-corrected chi connectivity index (χ4v) is 3.35. The van der Waals surface area contributed by atoms with E-state index in [1.54, 1.807) is 6.92 Å². The maximum Gasteiger partial charge on any atom is 0.239 e. The summed E-state index contributed by atoms with van der Waals surface area (Å²) in [5, 5.41) is 4.94. The molecule has 2 aromatic rings. The Bertz CT molecular complexity index is 868. The van der Waals surface area contributed by atoms with Gasteiger partial charge in [0.2, 0.25) is 11.8 Å². The predicted octanol–water partition coefficient (Wildman–Crippen LogP) is 2.06. The first kappa shape index (κ1) is 19.6. The monoisotopic (exact) mass is 378 g/mol. The van der Waals surface area contributed by atoms with Gasteiger partial charge in [0.05, 0.1) is 6.04 Å². The topological polar surface area (TPSA) is 92.3 Å². The average molecular weight is 378 g/mol. The van der Waals surface area contributed by atoms with Crippen molar-refractivity contribution in [3.05, 3.63) is 66.0 Å². The highest BCUT2D eigenvalue weighted by Gasteiger charge is 2.22. The zero-order chi connectivity index (χ0) is 19.2. The van der Waals surface area contributed by atoms with Crippen LogP contribution in [0.25, 0.3) is 0 Å². The Labute approximate surface area is 151 Å². The molecule has 0 aliphatic carbocycles. The van der Waals surface area contributed by atoms with E-state index in [-0.39, 0.29) is 11.7 Å². The van der Waals surface area contributed by atoms with Crippen LogP contribution in [0.1, 0.15) is 18.5 Å². The predicted molar refractivity (Wildman–Crippen MR) is 96.7 cm³/mol. The second-order valence-electron chi connectivity index (χ2n) is 5.79. The van der Waals surface area contributed by atoms with Crippen LogP contribution in [0.3, 0.4) is 0 Å². The molecule has 0 aromatic heterocycles. The second-order valence-corrected chi connectivity index (χ2v) is 7.85. The van der Waals surface area contributed by atoms with Gasteiger partial charge in [-0.3, -0.25) is 9.59 Å². The third-order valence-corrected chi connectivity index (χ3v) is 4.91. The van der Waals surface area contributed by atoms with E-state index in [1.165, 1.54) is 12.1 Å². The van der Waals surface area contributed by atoms with Crippen LogP contribution in [-0.4, -0.2) is 31.7 Å². The third-order valence-electron chi connectivity index (χ3n) is 3.51. The second kappa shape index (κ2) is 8.57. The van der Waals surface area contributed by atoms with Crippen LogP contribution in [0, 0.1) is 5.82 Å². The molecule has 2 aromatic carbocycles. The molecule has 1 unspecified atom stereocenters. The number of hydrogen-bond acceptors (Lipinski definition) is 4. The SMILES string of the molecule is CC(NC(=O)CS(=O)(=O)CC(=O)Nc1ccc(F)cc1)c1ccccc1. The van der Waals surface area contributed by atoms with E-state index in [9.17, 15) is 22.4 Å². The van der Waals surface area contributed by atoms with Gasteiger partial charge in [0.25, 0.3) is 0 Å². The molecule has 0 heterocycles. The van der Waals surface area contributed by atoms with Gasteiger partial charge in [-0.25, -0.2) is 12.8 Å². The number of sulfone groups is 1. The summed E-state index contributed by atoms with van der Waals surface area (Å²) in [4.78, 5) is 23.8. The van der Waals surface area contributed by atoms with E-state index >= 15 is 0 Å². The van der Waals surface area contributed by atoms with Crippen LogP contribution in [-0.2, 0) is 19.4 Å². The van der Waals surface area contributed by atoms with Gasteiger partial charge in [-0.15, -0.1) is 0 Å². The number of halogens is 1. The molecule has 2 N–H and O–H groups in total. The summed E-state index contributed by atoms with van der Waals surface area (Å²) in [6.45, 7) is 1.74. The van der Waals surface area contributed by atoms with E-state index in [0.717, 1.165) is 17.7 Å². The van der Waals surface area contributed by atoms with Crippen LogP contribution in [0.4, 0.5) is 10.1 Å². The normalized spacial score (nSPS) is 12.2. The highest BCUT2D eigenvalue weighted by Crippen LogP contribution is 2.11. The zero-order valence-corrected chi connectivity index (χ0v) is 14.9. The first-order valence-corrected chi connectivity index (χ1v) is 9.67. The van der Waals surface area contributed by atoms with Gasteiger partial charge in [-0.1, -0.05) is 30.3 Å². The number of hydrogen-bond donors (Lipinski definition) is 2. The maximum atomic E-state index is 12.8. The molecule has 6 nitrogen and oxygen atoms in total. The van der Waals surface area contributed by atoms with Crippen molar-refractivity contribution in [1.82, 2.24) is 5.32 Å². The summed E-state index contributed by atoms with van der Waals surface area (Å²) >= 11 is 0. The zero-order valence-electron chi connectivity index (χ0n) is 14.1. The summed E-state index contributed by atoms with van der Waals surface area (Å²) in [5.74, 6) is -3.57. The van der Waals surface area contributed by atoms with Crippen molar-refractivity contribution in [1.29, 1.82) is 0 Å². The minimum absolute atomic E-state index is 0.272. The molecule has 2 amide bonds. The highest BCUT2D eigenvalue weighted by molar-refractivity contribution is 7.92.